The highest BCUT2D eigenvalue weighted by Crippen LogP contribution is 1.84. The molecule has 1 fully saturated rings. The minimum atomic E-state index is -0.422. The van der Waals surface area contributed by atoms with Crippen LogP contribution >= 0.6 is 0 Å². The van der Waals surface area contributed by atoms with Crippen molar-refractivity contribution in [3.05, 3.63) is 25.3 Å². The molecule has 1 aliphatic rings. The van der Waals surface area contributed by atoms with Crippen molar-refractivity contribution in [3.8, 4) is 0 Å². The second kappa shape index (κ2) is 11.8. The third kappa shape index (κ3) is 8.63. The van der Waals surface area contributed by atoms with Gasteiger partial charge in [-0.1, -0.05) is 12.2 Å². The number of rotatable bonds is 12. The van der Waals surface area contributed by atoms with E-state index in [-0.39, 0.29) is 0 Å². The smallest absolute Gasteiger partial charge is 0.127 e. The lowest BCUT2D eigenvalue weighted by atomic mass is 10.2. The molecule has 0 aromatic carbocycles. The van der Waals surface area contributed by atoms with Crippen LogP contribution in [0.2, 0.25) is 0 Å². The van der Waals surface area contributed by atoms with Crippen molar-refractivity contribution in [2.24, 2.45) is 0 Å². The van der Waals surface area contributed by atoms with Crippen LogP contribution in [-0.4, -0.2) is 88.1 Å². The molecule has 0 unspecified atom stereocenters. The van der Waals surface area contributed by atoms with Gasteiger partial charge in [0.15, 0.2) is 0 Å². The van der Waals surface area contributed by atoms with Gasteiger partial charge >= 0.3 is 0 Å². The fourth-order valence-electron chi connectivity index (χ4n) is 2.72. The number of hydrogen-bond donors (Lipinski definition) is 4. The Morgan fingerprint density at radius 2 is 1.18 bits per heavy atom. The van der Waals surface area contributed by atoms with Gasteiger partial charge < -0.3 is 29.5 Å². The van der Waals surface area contributed by atoms with E-state index in [1.54, 1.807) is 12.2 Å². The Morgan fingerprint density at radius 3 is 1.50 bits per heavy atom. The number of ether oxygens (including phenoxy) is 2. The van der Waals surface area contributed by atoms with E-state index in [4.69, 9.17) is 9.47 Å². The van der Waals surface area contributed by atoms with Crippen LogP contribution < -0.4 is 9.80 Å². The van der Waals surface area contributed by atoms with Crippen molar-refractivity contribution in [2.75, 3.05) is 65.7 Å². The van der Waals surface area contributed by atoms with Crippen LogP contribution in [0.5, 0.6) is 0 Å². The van der Waals surface area contributed by atoms with Crippen LogP contribution in [-0.2, 0) is 9.47 Å². The zero-order valence-electron chi connectivity index (χ0n) is 13.5. The van der Waals surface area contributed by atoms with Crippen molar-refractivity contribution in [1.82, 2.24) is 0 Å². The lowest BCUT2D eigenvalue weighted by Gasteiger charge is -2.31. The van der Waals surface area contributed by atoms with Gasteiger partial charge in [-0.15, -0.1) is 13.2 Å². The van der Waals surface area contributed by atoms with Gasteiger partial charge in [-0.05, 0) is 0 Å². The topological polar surface area (TPSA) is 67.8 Å². The quantitative estimate of drug-likeness (QED) is 0.227. The first-order valence-corrected chi connectivity index (χ1v) is 8.06. The van der Waals surface area contributed by atoms with E-state index in [9.17, 15) is 10.2 Å². The molecular weight excluding hydrogens is 284 g/mol. The van der Waals surface area contributed by atoms with Crippen molar-refractivity contribution in [3.63, 3.8) is 0 Å². The Bertz CT molecular complexity index is 277. The minimum absolute atomic E-state index is 0.367. The molecule has 0 saturated carbocycles. The van der Waals surface area contributed by atoms with E-state index in [1.807, 2.05) is 0 Å². The Morgan fingerprint density at radius 1 is 0.818 bits per heavy atom. The largest absolute Gasteiger partial charge is 0.385 e. The number of aliphatic hydroxyl groups excluding tert-OH is 2. The van der Waals surface area contributed by atoms with Crippen LogP contribution in [0.4, 0.5) is 0 Å². The normalized spacial score (nSPS) is 24.6. The number of hydrogen-bond acceptors (Lipinski definition) is 4. The summed E-state index contributed by atoms with van der Waals surface area (Å²) in [5, 5.41) is 19.8. The maximum absolute atomic E-state index is 9.91. The molecule has 4 N–H and O–H groups in total. The van der Waals surface area contributed by atoms with Crippen LogP contribution in [0.1, 0.15) is 0 Å². The average Bonchev–Trinajstić information content (AvgIpc) is 2.50. The van der Waals surface area contributed by atoms with Crippen LogP contribution in [0.3, 0.4) is 0 Å². The summed E-state index contributed by atoms with van der Waals surface area (Å²) >= 11 is 0. The Labute approximate surface area is 133 Å². The third-order valence-electron chi connectivity index (χ3n) is 3.80. The Hall–Kier alpha value is -0.760. The van der Waals surface area contributed by atoms with Gasteiger partial charge in [0.1, 0.15) is 51.5 Å². The van der Waals surface area contributed by atoms with Gasteiger partial charge in [0.2, 0.25) is 0 Å². The highest BCUT2D eigenvalue weighted by Gasteiger charge is 2.26. The fourth-order valence-corrected chi connectivity index (χ4v) is 2.72. The van der Waals surface area contributed by atoms with E-state index in [1.165, 1.54) is 9.80 Å². The molecule has 0 aliphatic carbocycles. The SMILES string of the molecule is C=CCOC[C@H](O)C[NH+]1CC[NH+](C[C@@H](O)COCC=C)CC1. The summed E-state index contributed by atoms with van der Waals surface area (Å²) < 4.78 is 10.5. The Kier molecular flexibility index (Phi) is 10.3. The predicted octanol–water partition coefficient (Wildman–Crippen LogP) is -3.10. The van der Waals surface area contributed by atoms with Gasteiger partial charge in [-0.25, -0.2) is 0 Å². The third-order valence-corrected chi connectivity index (χ3v) is 3.80. The van der Waals surface area contributed by atoms with Crippen molar-refractivity contribution < 1.29 is 29.5 Å². The van der Waals surface area contributed by atoms with Gasteiger partial charge in [-0.2, -0.15) is 0 Å². The maximum atomic E-state index is 9.91. The molecule has 1 rings (SSSR count). The lowest BCUT2D eigenvalue weighted by molar-refractivity contribution is -1.01. The van der Waals surface area contributed by atoms with Crippen molar-refractivity contribution in [2.45, 2.75) is 12.2 Å². The van der Waals surface area contributed by atoms with E-state index in [2.05, 4.69) is 13.2 Å². The summed E-state index contributed by atoms with van der Waals surface area (Å²) in [5.41, 5.74) is 0. The van der Waals surface area contributed by atoms with Gasteiger partial charge in [0.25, 0.3) is 0 Å². The highest BCUT2D eigenvalue weighted by atomic mass is 16.5. The van der Waals surface area contributed by atoms with E-state index in [0.717, 1.165) is 39.3 Å². The van der Waals surface area contributed by atoms with Crippen LogP contribution in [0.15, 0.2) is 25.3 Å². The number of quaternary nitrogens is 2. The molecule has 0 aromatic heterocycles. The molecule has 1 saturated heterocycles. The molecule has 2 atom stereocenters. The molecule has 1 aliphatic heterocycles. The van der Waals surface area contributed by atoms with E-state index in [0.29, 0.717) is 26.4 Å². The standard InChI is InChI=1S/C16H30N2O4/c1-3-9-21-13-15(19)11-17-5-7-18(8-6-17)12-16(20)14-22-10-4-2/h3-4,15-16,19-20H,1-2,5-14H2/p+2/t15-,16-/m1/s1. The van der Waals surface area contributed by atoms with Gasteiger partial charge in [0.05, 0.1) is 26.4 Å². The molecule has 0 radical (unpaired) electrons. The first-order chi connectivity index (χ1) is 10.7. The highest BCUT2D eigenvalue weighted by molar-refractivity contribution is 4.65. The molecule has 6 heteroatoms. The predicted molar refractivity (Wildman–Crippen MR) is 85.2 cm³/mol. The number of piperazine rings is 1. The molecule has 1 heterocycles. The summed E-state index contributed by atoms with van der Waals surface area (Å²) in [6, 6.07) is 0. The minimum Gasteiger partial charge on any atom is -0.385 e. The van der Waals surface area contributed by atoms with Crippen LogP contribution in [0.25, 0.3) is 0 Å². The molecule has 22 heavy (non-hydrogen) atoms. The average molecular weight is 316 g/mol. The van der Waals surface area contributed by atoms with Crippen LogP contribution in [0, 0.1) is 0 Å². The first kappa shape index (κ1) is 19.3. The second-order valence-corrected chi connectivity index (χ2v) is 5.87. The second-order valence-electron chi connectivity index (χ2n) is 5.87. The van der Waals surface area contributed by atoms with Crippen molar-refractivity contribution >= 4 is 0 Å². The van der Waals surface area contributed by atoms with E-state index < -0.39 is 12.2 Å². The first-order valence-electron chi connectivity index (χ1n) is 8.06. The molecule has 0 aromatic rings. The summed E-state index contributed by atoms with van der Waals surface area (Å²) in [7, 11) is 0. The van der Waals surface area contributed by atoms with Crippen molar-refractivity contribution in [1.29, 1.82) is 0 Å². The molecule has 0 amide bonds. The summed E-state index contributed by atoms with van der Waals surface area (Å²) in [4.78, 5) is 2.80. The molecular formula is C16H32N2O4+2. The maximum Gasteiger partial charge on any atom is 0.127 e. The van der Waals surface area contributed by atoms with Gasteiger partial charge in [-0.3, -0.25) is 0 Å². The lowest BCUT2D eigenvalue weighted by Crippen LogP contribution is -3.28. The monoisotopic (exact) mass is 316 g/mol. The molecule has 6 nitrogen and oxygen atoms in total. The zero-order valence-corrected chi connectivity index (χ0v) is 13.5. The number of aliphatic hydroxyl groups is 2. The number of nitrogens with one attached hydrogen (secondary N) is 2. The molecule has 0 bridgehead atoms. The fraction of sp³-hybridized carbons (Fsp3) is 0.750. The molecule has 0 spiro atoms. The summed E-state index contributed by atoms with van der Waals surface area (Å²) in [6.07, 6.45) is 2.53. The van der Waals surface area contributed by atoms with Gasteiger partial charge in [0, 0.05) is 0 Å². The summed E-state index contributed by atoms with van der Waals surface area (Å²) in [5.74, 6) is 0. The Balaban J connectivity index is 2.12. The molecule has 128 valence electrons. The van der Waals surface area contributed by atoms with E-state index >= 15 is 0 Å². The zero-order chi connectivity index (χ0) is 16.2. The summed E-state index contributed by atoms with van der Waals surface area (Å²) in [6.45, 7) is 14.3.